The van der Waals surface area contributed by atoms with E-state index in [1.54, 1.807) is 20.8 Å². The molecule has 2 unspecified atom stereocenters. The summed E-state index contributed by atoms with van der Waals surface area (Å²) >= 11 is 5.89. The zero-order valence-electron chi connectivity index (χ0n) is 19.3. The van der Waals surface area contributed by atoms with Crippen LogP contribution in [-0.4, -0.2) is 74.9 Å². The summed E-state index contributed by atoms with van der Waals surface area (Å²) in [6.45, 7) is 6.03. The number of carbonyl (C=O) groups is 3. The first-order valence-corrected chi connectivity index (χ1v) is 11.3. The van der Waals surface area contributed by atoms with E-state index >= 15 is 0 Å². The van der Waals surface area contributed by atoms with Gasteiger partial charge < -0.3 is 25.4 Å². The van der Waals surface area contributed by atoms with E-state index in [9.17, 15) is 24.3 Å². The number of alkyl carbamates (subject to hydrolysis) is 1. The summed E-state index contributed by atoms with van der Waals surface area (Å²) < 4.78 is 6.33. The average molecular weight is 486 g/mol. The Morgan fingerprint density at radius 1 is 1.33 bits per heavy atom. The Bertz CT molecular complexity index is 909. The first-order valence-electron chi connectivity index (χ1n) is 10.8. The van der Waals surface area contributed by atoms with Crippen molar-refractivity contribution in [2.75, 3.05) is 25.5 Å². The molecule has 1 saturated heterocycles. The molecule has 1 aliphatic rings. The number of piperidine rings is 1. The van der Waals surface area contributed by atoms with Crippen molar-refractivity contribution in [3.8, 4) is 0 Å². The van der Waals surface area contributed by atoms with Crippen molar-refractivity contribution in [3.63, 3.8) is 0 Å². The van der Waals surface area contributed by atoms with E-state index in [1.807, 2.05) is 0 Å². The minimum absolute atomic E-state index is 0.133. The van der Waals surface area contributed by atoms with Crippen LogP contribution in [0.3, 0.4) is 0 Å². The van der Waals surface area contributed by atoms with Crippen molar-refractivity contribution in [3.05, 3.63) is 28.2 Å². The van der Waals surface area contributed by atoms with Gasteiger partial charge in [-0.1, -0.05) is 0 Å². The van der Waals surface area contributed by atoms with E-state index in [0.29, 0.717) is 31.6 Å². The van der Waals surface area contributed by atoms with Crippen LogP contribution in [0.15, 0.2) is 16.9 Å². The Morgan fingerprint density at radius 3 is 2.48 bits per heavy atom. The molecule has 0 saturated carbocycles. The lowest BCUT2D eigenvalue weighted by Gasteiger charge is -2.41. The fraction of sp³-hybridized carbons (Fsp3) is 0.667. The van der Waals surface area contributed by atoms with Crippen LogP contribution in [0.2, 0.25) is 0 Å². The number of amides is 2. The number of hydrogen-bond donors (Lipinski definition) is 3. The van der Waals surface area contributed by atoms with Crippen LogP contribution in [0.4, 0.5) is 4.79 Å². The second kappa shape index (κ2) is 11.5. The van der Waals surface area contributed by atoms with E-state index in [2.05, 4.69) is 15.7 Å². The zero-order chi connectivity index (χ0) is 24.8. The van der Waals surface area contributed by atoms with Crippen molar-refractivity contribution in [1.29, 1.82) is 0 Å². The monoisotopic (exact) mass is 485 g/mol. The molecule has 2 heterocycles. The number of halogens is 1. The molecule has 3 N–H and O–H groups in total. The fourth-order valence-corrected chi connectivity index (χ4v) is 3.98. The molecule has 0 bridgehead atoms. The standard InChI is InChI=1S/C21H32ClN5O6/c1-21(2,3)33-20(32)24-12-15(19(30)31)27(17(29)11-22)18(13-7-9-23-10-8-13)14-5-6-16(28)26(4)25-14/h5-6,13,15,18,23H,7-12H2,1-4H3,(H,24,32)(H,30,31). The Labute approximate surface area is 197 Å². The summed E-state index contributed by atoms with van der Waals surface area (Å²) in [5.74, 6) is -2.52. The number of carboxylic acid groups (broad SMARTS) is 1. The summed E-state index contributed by atoms with van der Waals surface area (Å²) in [6, 6.07) is 0.646. The van der Waals surface area contributed by atoms with E-state index < -0.39 is 41.5 Å². The first-order chi connectivity index (χ1) is 15.4. The van der Waals surface area contributed by atoms with Gasteiger partial charge in [-0.25, -0.2) is 14.3 Å². The largest absolute Gasteiger partial charge is 0.480 e. The first kappa shape index (κ1) is 26.6. The molecule has 2 amide bonds. The number of rotatable bonds is 8. The molecule has 0 radical (unpaired) electrons. The number of aryl methyl sites for hydroxylation is 1. The molecule has 1 aromatic rings. The number of alkyl halides is 1. The Kier molecular flexibility index (Phi) is 9.24. The van der Waals surface area contributed by atoms with Crippen LogP contribution in [0, 0.1) is 5.92 Å². The highest BCUT2D eigenvalue weighted by Crippen LogP contribution is 2.35. The lowest BCUT2D eigenvalue weighted by atomic mass is 9.86. The molecular formula is C21H32ClN5O6. The normalized spacial score (nSPS) is 16.5. The van der Waals surface area contributed by atoms with Crippen molar-refractivity contribution in [2.45, 2.75) is 51.3 Å². The third kappa shape index (κ3) is 7.43. The van der Waals surface area contributed by atoms with Gasteiger partial charge in [0.25, 0.3) is 5.56 Å². The third-order valence-corrected chi connectivity index (χ3v) is 5.50. The van der Waals surface area contributed by atoms with Gasteiger partial charge in [0, 0.05) is 13.1 Å². The highest BCUT2D eigenvalue weighted by molar-refractivity contribution is 6.27. The van der Waals surface area contributed by atoms with Gasteiger partial charge in [0.2, 0.25) is 5.91 Å². The highest BCUT2D eigenvalue weighted by Gasteiger charge is 2.41. The molecule has 1 aromatic heterocycles. The summed E-state index contributed by atoms with van der Waals surface area (Å²) in [5.41, 5.74) is -0.726. The number of aliphatic carboxylic acids is 1. The van der Waals surface area contributed by atoms with Crippen LogP contribution in [0.5, 0.6) is 0 Å². The third-order valence-electron chi connectivity index (χ3n) is 5.28. The van der Waals surface area contributed by atoms with Gasteiger partial charge in [-0.05, 0) is 58.7 Å². The van der Waals surface area contributed by atoms with Crippen LogP contribution in [0.25, 0.3) is 0 Å². The molecular weight excluding hydrogens is 454 g/mol. The minimum Gasteiger partial charge on any atom is -0.480 e. The van der Waals surface area contributed by atoms with Gasteiger partial charge in [0.05, 0.1) is 18.3 Å². The van der Waals surface area contributed by atoms with Crippen molar-refractivity contribution < 1.29 is 24.2 Å². The molecule has 184 valence electrons. The number of carbonyl (C=O) groups excluding carboxylic acids is 2. The number of aromatic nitrogens is 2. The van der Waals surface area contributed by atoms with Gasteiger partial charge in [-0.15, -0.1) is 11.6 Å². The molecule has 1 aliphatic heterocycles. The van der Waals surface area contributed by atoms with Gasteiger partial charge in [0.1, 0.15) is 17.5 Å². The topological polar surface area (TPSA) is 143 Å². The van der Waals surface area contributed by atoms with Crippen LogP contribution < -0.4 is 16.2 Å². The van der Waals surface area contributed by atoms with E-state index in [4.69, 9.17) is 16.3 Å². The number of carboxylic acids is 1. The molecule has 0 spiro atoms. The summed E-state index contributed by atoms with van der Waals surface area (Å²) in [6.07, 6.45) is 0.519. The van der Waals surface area contributed by atoms with Gasteiger partial charge >= 0.3 is 12.1 Å². The SMILES string of the molecule is Cn1nc(C(C2CCNCC2)N(C(=O)CCl)C(CNC(=O)OC(C)(C)C)C(=O)O)ccc1=O. The Balaban J connectivity index is 2.47. The lowest BCUT2D eigenvalue weighted by Crippen LogP contribution is -2.55. The molecule has 0 aliphatic carbocycles. The summed E-state index contributed by atoms with van der Waals surface area (Å²) in [4.78, 5) is 50.5. The number of nitrogens with zero attached hydrogens (tertiary/aromatic N) is 3. The average Bonchev–Trinajstić information content (AvgIpc) is 2.74. The number of ether oxygens (including phenoxy) is 1. The Morgan fingerprint density at radius 2 is 1.97 bits per heavy atom. The Hall–Kier alpha value is -2.66. The molecule has 1 fully saturated rings. The van der Waals surface area contributed by atoms with Crippen molar-refractivity contribution >= 4 is 29.6 Å². The zero-order valence-corrected chi connectivity index (χ0v) is 20.1. The maximum absolute atomic E-state index is 13.0. The van der Waals surface area contributed by atoms with E-state index in [1.165, 1.54) is 24.1 Å². The van der Waals surface area contributed by atoms with Crippen molar-refractivity contribution in [1.82, 2.24) is 25.3 Å². The van der Waals surface area contributed by atoms with Gasteiger partial charge in [-0.2, -0.15) is 5.10 Å². The van der Waals surface area contributed by atoms with Crippen molar-refractivity contribution in [2.24, 2.45) is 13.0 Å². The molecule has 0 aromatic carbocycles. The maximum atomic E-state index is 13.0. The minimum atomic E-state index is -1.43. The summed E-state index contributed by atoms with van der Waals surface area (Å²) in [7, 11) is 1.48. The number of hydrogen-bond acceptors (Lipinski definition) is 7. The molecule has 11 nitrogen and oxygen atoms in total. The second-order valence-corrected chi connectivity index (χ2v) is 9.19. The van der Waals surface area contributed by atoms with Crippen LogP contribution >= 0.6 is 11.6 Å². The molecule has 12 heteroatoms. The van der Waals surface area contributed by atoms with Gasteiger partial charge in [0.15, 0.2) is 0 Å². The van der Waals surface area contributed by atoms with Gasteiger partial charge in [-0.3, -0.25) is 9.59 Å². The number of nitrogens with one attached hydrogen (secondary N) is 2. The predicted molar refractivity (Wildman–Crippen MR) is 121 cm³/mol. The lowest BCUT2D eigenvalue weighted by molar-refractivity contribution is -0.152. The second-order valence-electron chi connectivity index (χ2n) is 8.92. The molecule has 2 rings (SSSR count). The fourth-order valence-electron chi connectivity index (χ4n) is 3.84. The molecule has 2 atom stereocenters. The highest BCUT2D eigenvalue weighted by atomic mass is 35.5. The summed E-state index contributed by atoms with van der Waals surface area (Å²) in [5, 5.41) is 20.0. The van der Waals surface area contributed by atoms with E-state index in [0.717, 1.165) is 4.68 Å². The predicted octanol–water partition coefficient (Wildman–Crippen LogP) is 0.866. The maximum Gasteiger partial charge on any atom is 0.407 e. The smallest absolute Gasteiger partial charge is 0.407 e. The quantitative estimate of drug-likeness (QED) is 0.460. The van der Waals surface area contributed by atoms with Crippen LogP contribution in [0.1, 0.15) is 45.3 Å². The molecule has 33 heavy (non-hydrogen) atoms. The van der Waals surface area contributed by atoms with Crippen LogP contribution in [-0.2, 0) is 21.4 Å². The van der Waals surface area contributed by atoms with E-state index in [-0.39, 0.29) is 18.0 Å².